The van der Waals surface area contributed by atoms with Crippen LogP contribution in [-0.2, 0) is 7.05 Å². The Kier molecular flexibility index (Phi) is 4.11. The Balaban J connectivity index is 2.09. The first-order valence-electron chi connectivity index (χ1n) is 8.19. The van der Waals surface area contributed by atoms with Crippen LogP contribution in [0.15, 0.2) is 24.3 Å². The molecule has 0 spiro atoms. The number of aromatic nitrogens is 4. The van der Waals surface area contributed by atoms with Gasteiger partial charge in [-0.05, 0) is 31.4 Å². The lowest BCUT2D eigenvalue weighted by atomic mass is 10.1. The molecule has 1 atom stereocenters. The average Bonchev–Trinajstić information content (AvgIpc) is 3.08. The highest BCUT2D eigenvalue weighted by Gasteiger charge is 2.18. The highest BCUT2D eigenvalue weighted by Crippen LogP contribution is 2.32. The monoisotopic (exact) mass is 312 g/mol. The molecule has 0 bridgehead atoms. The van der Waals surface area contributed by atoms with E-state index in [1.165, 1.54) is 0 Å². The summed E-state index contributed by atoms with van der Waals surface area (Å²) in [6.07, 6.45) is 1.14. The molecular formula is C18H24N4O. The van der Waals surface area contributed by atoms with Crippen LogP contribution in [0.1, 0.15) is 45.7 Å². The summed E-state index contributed by atoms with van der Waals surface area (Å²) in [4.78, 5) is 8.18. The van der Waals surface area contributed by atoms with Crippen molar-refractivity contribution < 1.29 is 4.74 Å². The fourth-order valence-electron chi connectivity index (χ4n) is 2.63. The molecule has 0 amide bonds. The largest absolute Gasteiger partial charge is 0.490 e. The number of nitrogens with one attached hydrogen (secondary N) is 1. The lowest BCUT2D eigenvalue weighted by Crippen LogP contribution is -2.10. The Morgan fingerprint density at radius 3 is 2.65 bits per heavy atom. The molecule has 5 heteroatoms. The van der Waals surface area contributed by atoms with Gasteiger partial charge in [0.25, 0.3) is 0 Å². The van der Waals surface area contributed by atoms with E-state index in [9.17, 15) is 0 Å². The summed E-state index contributed by atoms with van der Waals surface area (Å²) in [7, 11) is 1.93. The van der Waals surface area contributed by atoms with Crippen molar-refractivity contribution in [3.8, 4) is 17.1 Å². The second-order valence-electron chi connectivity index (χ2n) is 6.28. The van der Waals surface area contributed by atoms with E-state index in [2.05, 4.69) is 37.8 Å². The van der Waals surface area contributed by atoms with E-state index in [0.717, 1.165) is 40.4 Å². The van der Waals surface area contributed by atoms with E-state index in [1.807, 2.05) is 36.0 Å². The van der Waals surface area contributed by atoms with Crippen LogP contribution in [0.2, 0.25) is 0 Å². The van der Waals surface area contributed by atoms with Gasteiger partial charge in [0.2, 0.25) is 0 Å². The molecule has 3 rings (SSSR count). The quantitative estimate of drug-likeness (QED) is 0.765. The van der Waals surface area contributed by atoms with Crippen LogP contribution in [0.3, 0.4) is 0 Å². The van der Waals surface area contributed by atoms with Crippen LogP contribution in [0.4, 0.5) is 0 Å². The number of nitrogens with zero attached hydrogens (tertiary/aromatic N) is 3. The Bertz CT molecular complexity index is 816. The number of hydrogen-bond donors (Lipinski definition) is 1. The van der Waals surface area contributed by atoms with Crippen molar-refractivity contribution in [1.29, 1.82) is 0 Å². The smallest absolute Gasteiger partial charge is 0.176 e. The number of ether oxygens (including phenoxy) is 1. The molecule has 1 aromatic carbocycles. The summed E-state index contributed by atoms with van der Waals surface area (Å²) in [5, 5.41) is 4.56. The molecule has 0 aliphatic carbocycles. The topological polar surface area (TPSA) is 55.7 Å². The zero-order chi connectivity index (χ0) is 16.6. The molecule has 0 aliphatic rings. The van der Waals surface area contributed by atoms with Crippen molar-refractivity contribution in [2.45, 2.75) is 46.1 Å². The molecule has 0 unspecified atom stereocenters. The number of H-pyrrole nitrogens is 1. The summed E-state index contributed by atoms with van der Waals surface area (Å²) >= 11 is 0. The fourth-order valence-corrected chi connectivity index (χ4v) is 2.63. The molecule has 2 heterocycles. The number of aryl methyl sites for hydroxylation is 1. The first-order chi connectivity index (χ1) is 11.0. The van der Waals surface area contributed by atoms with Crippen molar-refractivity contribution in [1.82, 2.24) is 19.7 Å². The third kappa shape index (κ3) is 2.83. The molecule has 0 aliphatic heterocycles. The summed E-state index contributed by atoms with van der Waals surface area (Å²) in [5.74, 6) is 2.03. The van der Waals surface area contributed by atoms with Crippen LogP contribution in [-0.4, -0.2) is 25.9 Å². The molecule has 3 aromatic rings. The minimum atomic E-state index is 0.174. The number of aromatic amines is 1. The second kappa shape index (κ2) is 6.07. The van der Waals surface area contributed by atoms with Gasteiger partial charge in [-0.25, -0.2) is 9.67 Å². The molecular weight excluding hydrogens is 288 g/mol. The Morgan fingerprint density at radius 2 is 1.96 bits per heavy atom. The van der Waals surface area contributed by atoms with Crippen molar-refractivity contribution in [2.75, 3.05) is 0 Å². The van der Waals surface area contributed by atoms with Gasteiger partial charge in [0.05, 0.1) is 17.4 Å². The first-order valence-corrected chi connectivity index (χ1v) is 8.19. The van der Waals surface area contributed by atoms with E-state index in [4.69, 9.17) is 9.72 Å². The number of fused-ring (bicyclic) bond motifs is 1. The lowest BCUT2D eigenvalue weighted by Gasteiger charge is -2.15. The summed E-state index contributed by atoms with van der Waals surface area (Å²) in [6, 6.07) is 8.03. The van der Waals surface area contributed by atoms with Gasteiger partial charge in [-0.1, -0.05) is 32.9 Å². The standard InChI is InChI=1S/C18H24N4O/c1-6-12(4)23-14-10-8-7-9-13(14)17-19-16-15(11(2)3)21-22(5)18(16)20-17/h7-12H,6H2,1-5H3,(H,19,20)/t12-/m1/s1. The molecule has 23 heavy (non-hydrogen) atoms. The van der Waals surface area contributed by atoms with Gasteiger partial charge in [0, 0.05) is 7.05 Å². The van der Waals surface area contributed by atoms with Gasteiger partial charge in [-0.2, -0.15) is 5.10 Å². The normalized spacial score (nSPS) is 13.0. The van der Waals surface area contributed by atoms with E-state index in [-0.39, 0.29) is 6.10 Å². The van der Waals surface area contributed by atoms with Gasteiger partial charge in [0.15, 0.2) is 5.65 Å². The number of para-hydroxylation sites is 1. The minimum absolute atomic E-state index is 0.174. The van der Waals surface area contributed by atoms with Crippen LogP contribution < -0.4 is 4.74 Å². The number of rotatable bonds is 5. The molecule has 0 saturated carbocycles. The molecule has 5 nitrogen and oxygen atoms in total. The van der Waals surface area contributed by atoms with Crippen LogP contribution in [0, 0.1) is 0 Å². The second-order valence-corrected chi connectivity index (χ2v) is 6.28. The Hall–Kier alpha value is -2.30. The van der Waals surface area contributed by atoms with E-state index < -0.39 is 0 Å². The van der Waals surface area contributed by atoms with E-state index >= 15 is 0 Å². The third-order valence-electron chi connectivity index (χ3n) is 4.10. The van der Waals surface area contributed by atoms with Gasteiger partial charge in [-0.3, -0.25) is 0 Å². The van der Waals surface area contributed by atoms with Crippen LogP contribution in [0.5, 0.6) is 5.75 Å². The predicted molar refractivity (Wildman–Crippen MR) is 92.8 cm³/mol. The van der Waals surface area contributed by atoms with Crippen molar-refractivity contribution in [2.24, 2.45) is 7.05 Å². The maximum Gasteiger partial charge on any atom is 0.176 e. The molecule has 2 aromatic heterocycles. The maximum absolute atomic E-state index is 6.05. The predicted octanol–water partition coefficient (Wildman–Crippen LogP) is 4.26. The lowest BCUT2D eigenvalue weighted by molar-refractivity contribution is 0.218. The number of hydrogen-bond acceptors (Lipinski definition) is 3. The Morgan fingerprint density at radius 1 is 1.22 bits per heavy atom. The van der Waals surface area contributed by atoms with Crippen LogP contribution in [0.25, 0.3) is 22.6 Å². The first kappa shape index (κ1) is 15.6. The average molecular weight is 312 g/mol. The molecule has 1 N–H and O–H groups in total. The van der Waals surface area contributed by atoms with Gasteiger partial charge in [0.1, 0.15) is 17.1 Å². The van der Waals surface area contributed by atoms with Crippen LogP contribution >= 0.6 is 0 Å². The summed E-state index contributed by atoms with van der Waals surface area (Å²) in [6.45, 7) is 8.48. The minimum Gasteiger partial charge on any atom is -0.490 e. The highest BCUT2D eigenvalue weighted by molar-refractivity contribution is 5.80. The molecule has 0 fully saturated rings. The summed E-state index contributed by atoms with van der Waals surface area (Å²) < 4.78 is 7.88. The van der Waals surface area contributed by atoms with E-state index in [1.54, 1.807) is 0 Å². The van der Waals surface area contributed by atoms with Gasteiger partial charge >= 0.3 is 0 Å². The van der Waals surface area contributed by atoms with Crippen molar-refractivity contribution in [3.05, 3.63) is 30.0 Å². The maximum atomic E-state index is 6.05. The molecule has 0 radical (unpaired) electrons. The fraction of sp³-hybridized carbons (Fsp3) is 0.444. The zero-order valence-corrected chi connectivity index (χ0v) is 14.4. The van der Waals surface area contributed by atoms with Gasteiger partial charge in [-0.15, -0.1) is 0 Å². The molecule has 0 saturated heterocycles. The Labute approximate surface area is 136 Å². The zero-order valence-electron chi connectivity index (χ0n) is 14.4. The van der Waals surface area contributed by atoms with Gasteiger partial charge < -0.3 is 9.72 Å². The number of benzene rings is 1. The molecule has 122 valence electrons. The SMILES string of the molecule is CC[C@@H](C)Oc1ccccc1-c1nc2c([nH]1)c(C(C)C)nn2C. The van der Waals surface area contributed by atoms with Crippen molar-refractivity contribution in [3.63, 3.8) is 0 Å². The van der Waals surface area contributed by atoms with E-state index in [0.29, 0.717) is 5.92 Å². The summed E-state index contributed by atoms with van der Waals surface area (Å²) in [5.41, 5.74) is 3.91. The third-order valence-corrected chi connectivity index (χ3v) is 4.10. The highest BCUT2D eigenvalue weighted by atomic mass is 16.5. The van der Waals surface area contributed by atoms with Crippen molar-refractivity contribution >= 4 is 11.2 Å². The number of imidazole rings is 1.